The van der Waals surface area contributed by atoms with Crippen LogP contribution in [0.2, 0.25) is 0 Å². The van der Waals surface area contributed by atoms with E-state index in [1.54, 1.807) is 16.7 Å². The molecular formula is C18H24N2O5S. The van der Waals surface area contributed by atoms with E-state index in [-0.39, 0.29) is 43.6 Å². The molecule has 1 aromatic rings. The lowest BCUT2D eigenvalue weighted by atomic mass is 10.1. The second kappa shape index (κ2) is 8.64. The highest BCUT2D eigenvalue weighted by molar-refractivity contribution is 7.98. The number of nitrogens with one attached hydrogen (secondary N) is 1. The third-order valence-corrected chi connectivity index (χ3v) is 5.28. The molecule has 2 aliphatic rings. The van der Waals surface area contributed by atoms with Crippen molar-refractivity contribution in [2.75, 3.05) is 32.0 Å². The molecular weight excluding hydrogens is 356 g/mol. The Morgan fingerprint density at radius 3 is 3.00 bits per heavy atom. The molecule has 1 aromatic carbocycles. The van der Waals surface area contributed by atoms with Crippen LogP contribution in [0.1, 0.15) is 18.4 Å². The average molecular weight is 380 g/mol. The molecule has 2 heterocycles. The van der Waals surface area contributed by atoms with Gasteiger partial charge >= 0.3 is 0 Å². The van der Waals surface area contributed by atoms with Gasteiger partial charge in [-0.1, -0.05) is 6.07 Å². The van der Waals surface area contributed by atoms with Crippen molar-refractivity contribution in [1.29, 1.82) is 0 Å². The quantitative estimate of drug-likeness (QED) is 0.699. The molecule has 0 saturated carbocycles. The fraction of sp³-hybridized carbons (Fsp3) is 0.556. The van der Waals surface area contributed by atoms with Crippen LogP contribution in [0.3, 0.4) is 0 Å². The summed E-state index contributed by atoms with van der Waals surface area (Å²) in [6.45, 7) is 0.953. The van der Waals surface area contributed by atoms with Gasteiger partial charge in [-0.2, -0.15) is 11.8 Å². The first-order valence-corrected chi connectivity index (χ1v) is 10.1. The Hall–Kier alpha value is -1.93. The van der Waals surface area contributed by atoms with E-state index in [2.05, 4.69) is 5.32 Å². The zero-order valence-electron chi connectivity index (χ0n) is 14.8. The second-order valence-electron chi connectivity index (χ2n) is 6.53. The lowest BCUT2D eigenvalue weighted by molar-refractivity contribution is -0.129. The third kappa shape index (κ3) is 4.42. The van der Waals surface area contributed by atoms with Gasteiger partial charge in [0, 0.05) is 19.5 Å². The van der Waals surface area contributed by atoms with Crippen LogP contribution in [-0.4, -0.2) is 59.8 Å². The standard InChI is InChI=1S/C18H24N2O5S/c1-26-5-4-14(10-21)19-18(23)13-7-17(22)20(9-13)8-12-2-3-15-16(6-12)25-11-24-15/h2-3,6,13-14,21H,4-5,7-11H2,1H3,(H,19,23)/t13-,14-/m0/s1. The minimum atomic E-state index is -0.375. The molecule has 2 N–H and O–H groups in total. The maximum Gasteiger partial charge on any atom is 0.231 e. The Labute approximate surface area is 157 Å². The van der Waals surface area contributed by atoms with Gasteiger partial charge in [-0.15, -0.1) is 0 Å². The number of hydrogen-bond acceptors (Lipinski definition) is 6. The minimum absolute atomic E-state index is 0.0347. The molecule has 8 heteroatoms. The molecule has 0 aromatic heterocycles. The van der Waals surface area contributed by atoms with Gasteiger partial charge in [-0.25, -0.2) is 0 Å². The normalized spacial score (nSPS) is 19.7. The number of benzene rings is 1. The summed E-state index contributed by atoms with van der Waals surface area (Å²) in [4.78, 5) is 26.4. The van der Waals surface area contributed by atoms with Crippen molar-refractivity contribution in [3.05, 3.63) is 23.8 Å². The van der Waals surface area contributed by atoms with Crippen LogP contribution in [0.25, 0.3) is 0 Å². The molecule has 1 fully saturated rings. The van der Waals surface area contributed by atoms with Crippen molar-refractivity contribution in [2.24, 2.45) is 5.92 Å². The smallest absolute Gasteiger partial charge is 0.231 e. The minimum Gasteiger partial charge on any atom is -0.454 e. The number of ether oxygens (including phenoxy) is 2. The first-order chi connectivity index (χ1) is 12.6. The van der Waals surface area contributed by atoms with Gasteiger partial charge in [0.2, 0.25) is 18.6 Å². The number of nitrogens with zero attached hydrogens (tertiary/aromatic N) is 1. The van der Waals surface area contributed by atoms with E-state index in [0.29, 0.717) is 31.0 Å². The first-order valence-electron chi connectivity index (χ1n) is 8.67. The molecule has 0 unspecified atom stereocenters. The lowest BCUT2D eigenvalue weighted by Gasteiger charge is -2.19. The molecule has 3 rings (SSSR count). The van der Waals surface area contributed by atoms with E-state index in [1.807, 2.05) is 24.5 Å². The average Bonchev–Trinajstić information content (AvgIpc) is 3.25. The van der Waals surface area contributed by atoms with Crippen LogP contribution in [0.15, 0.2) is 18.2 Å². The number of aliphatic hydroxyl groups is 1. The molecule has 2 amide bonds. The van der Waals surface area contributed by atoms with Crippen molar-refractivity contribution in [1.82, 2.24) is 10.2 Å². The fourth-order valence-electron chi connectivity index (χ4n) is 3.15. The SMILES string of the molecule is CSCC[C@@H](CO)NC(=O)[C@H]1CC(=O)N(Cc2ccc3c(c2)OCO3)C1. The Balaban J connectivity index is 1.55. The van der Waals surface area contributed by atoms with Crippen molar-refractivity contribution in [2.45, 2.75) is 25.4 Å². The van der Waals surface area contributed by atoms with Crippen LogP contribution in [-0.2, 0) is 16.1 Å². The zero-order valence-corrected chi connectivity index (χ0v) is 15.6. The predicted molar refractivity (Wildman–Crippen MR) is 98.1 cm³/mol. The largest absolute Gasteiger partial charge is 0.454 e. The third-order valence-electron chi connectivity index (χ3n) is 4.63. The van der Waals surface area contributed by atoms with Crippen LogP contribution in [0.5, 0.6) is 11.5 Å². The van der Waals surface area contributed by atoms with Crippen molar-refractivity contribution in [3.63, 3.8) is 0 Å². The van der Waals surface area contributed by atoms with E-state index in [0.717, 1.165) is 11.3 Å². The summed E-state index contributed by atoms with van der Waals surface area (Å²) in [5.74, 6) is 1.69. The summed E-state index contributed by atoms with van der Waals surface area (Å²) in [5.41, 5.74) is 0.942. The monoisotopic (exact) mass is 380 g/mol. The molecule has 7 nitrogen and oxygen atoms in total. The van der Waals surface area contributed by atoms with Crippen LogP contribution in [0.4, 0.5) is 0 Å². The molecule has 2 aliphatic heterocycles. The van der Waals surface area contributed by atoms with Crippen LogP contribution >= 0.6 is 11.8 Å². The summed E-state index contributed by atoms with van der Waals surface area (Å²) < 4.78 is 10.7. The number of hydrogen-bond donors (Lipinski definition) is 2. The summed E-state index contributed by atoms with van der Waals surface area (Å²) in [7, 11) is 0. The molecule has 0 radical (unpaired) electrons. The molecule has 0 aliphatic carbocycles. The maximum absolute atomic E-state index is 12.4. The molecule has 0 bridgehead atoms. The highest BCUT2D eigenvalue weighted by Crippen LogP contribution is 2.33. The van der Waals surface area contributed by atoms with Crippen molar-refractivity contribution < 1.29 is 24.2 Å². The Bertz CT molecular complexity index is 669. The van der Waals surface area contributed by atoms with E-state index in [1.165, 1.54) is 0 Å². The number of rotatable bonds is 8. The highest BCUT2D eigenvalue weighted by Gasteiger charge is 2.35. The number of likely N-dealkylation sites (tertiary alicyclic amines) is 1. The molecule has 0 spiro atoms. The van der Waals surface area contributed by atoms with Crippen molar-refractivity contribution in [3.8, 4) is 11.5 Å². The van der Waals surface area contributed by atoms with Gasteiger partial charge < -0.3 is 24.8 Å². The second-order valence-corrected chi connectivity index (χ2v) is 7.52. The van der Waals surface area contributed by atoms with Gasteiger partial charge in [0.15, 0.2) is 11.5 Å². The Kier molecular flexibility index (Phi) is 6.26. The molecule has 1 saturated heterocycles. The van der Waals surface area contributed by atoms with Crippen molar-refractivity contribution >= 4 is 23.6 Å². The number of carbonyl (C=O) groups is 2. The van der Waals surface area contributed by atoms with Gasteiger partial charge in [-0.05, 0) is 36.1 Å². The van der Waals surface area contributed by atoms with E-state index in [4.69, 9.17) is 9.47 Å². The molecule has 2 atom stereocenters. The predicted octanol–water partition coefficient (Wildman–Crippen LogP) is 0.994. The number of fused-ring (bicyclic) bond motifs is 1. The van der Waals surface area contributed by atoms with E-state index in [9.17, 15) is 14.7 Å². The summed E-state index contributed by atoms with van der Waals surface area (Å²) in [6, 6.07) is 5.35. The van der Waals surface area contributed by atoms with Gasteiger partial charge in [0.25, 0.3) is 0 Å². The topological polar surface area (TPSA) is 88.1 Å². The van der Waals surface area contributed by atoms with Gasteiger partial charge in [0.1, 0.15) is 0 Å². The number of carbonyl (C=O) groups excluding carboxylic acids is 2. The zero-order chi connectivity index (χ0) is 18.5. The van der Waals surface area contributed by atoms with Gasteiger partial charge in [-0.3, -0.25) is 9.59 Å². The lowest BCUT2D eigenvalue weighted by Crippen LogP contribution is -2.42. The number of thioether (sulfide) groups is 1. The van der Waals surface area contributed by atoms with Gasteiger partial charge in [0.05, 0.1) is 18.6 Å². The first kappa shape index (κ1) is 18.8. The summed E-state index contributed by atoms with van der Waals surface area (Å²) in [6.07, 6.45) is 2.90. The highest BCUT2D eigenvalue weighted by atomic mass is 32.2. The van der Waals surface area contributed by atoms with Crippen LogP contribution in [0, 0.1) is 5.92 Å². The Morgan fingerprint density at radius 1 is 1.42 bits per heavy atom. The molecule has 142 valence electrons. The summed E-state index contributed by atoms with van der Waals surface area (Å²) in [5, 5.41) is 12.3. The van der Waals surface area contributed by atoms with E-state index < -0.39 is 0 Å². The summed E-state index contributed by atoms with van der Waals surface area (Å²) >= 11 is 1.67. The van der Waals surface area contributed by atoms with Crippen LogP contribution < -0.4 is 14.8 Å². The Morgan fingerprint density at radius 2 is 2.23 bits per heavy atom. The van der Waals surface area contributed by atoms with E-state index >= 15 is 0 Å². The number of amides is 2. The fourth-order valence-corrected chi connectivity index (χ4v) is 3.67. The maximum atomic E-state index is 12.4. The molecule has 26 heavy (non-hydrogen) atoms. The number of aliphatic hydroxyl groups excluding tert-OH is 1.